The van der Waals surface area contributed by atoms with Gasteiger partial charge in [0.15, 0.2) is 5.41 Å². The van der Waals surface area contributed by atoms with E-state index in [2.05, 4.69) is 22.6 Å². The molecule has 0 bridgehead atoms. The highest BCUT2D eigenvalue weighted by Crippen LogP contribution is 2.42. The van der Waals surface area contributed by atoms with Crippen LogP contribution in [0.3, 0.4) is 0 Å². The van der Waals surface area contributed by atoms with E-state index in [1.165, 1.54) is 14.2 Å². The van der Waals surface area contributed by atoms with Gasteiger partial charge in [-0.15, -0.1) is 0 Å². The van der Waals surface area contributed by atoms with Crippen LogP contribution in [-0.4, -0.2) is 26.2 Å². The van der Waals surface area contributed by atoms with Gasteiger partial charge in [-0.3, -0.25) is 9.59 Å². The lowest BCUT2D eigenvalue weighted by molar-refractivity contribution is -0.164. The zero-order valence-electron chi connectivity index (χ0n) is 11.8. The third kappa shape index (κ3) is 2.88. The summed E-state index contributed by atoms with van der Waals surface area (Å²) in [7, 11) is 2.54. The Balaban J connectivity index is 2.43. The molecule has 0 radical (unpaired) electrons. The average molecular weight is 398 g/mol. The monoisotopic (exact) mass is 398 g/mol. The molecular weight excluding hydrogens is 383 g/mol. The van der Waals surface area contributed by atoms with Crippen molar-refractivity contribution in [1.29, 1.82) is 0 Å². The maximum Gasteiger partial charge on any atom is 0.327 e. The third-order valence-electron chi connectivity index (χ3n) is 3.44. The number of hydrogen-bond acceptors (Lipinski definition) is 4. The zero-order valence-corrected chi connectivity index (χ0v) is 13.9. The van der Waals surface area contributed by atoms with Gasteiger partial charge in [-0.05, 0) is 33.7 Å². The van der Waals surface area contributed by atoms with E-state index >= 15 is 0 Å². The van der Waals surface area contributed by atoms with E-state index in [1.807, 2.05) is 30.3 Å². The van der Waals surface area contributed by atoms with Crippen LogP contribution in [0.4, 0.5) is 0 Å². The highest BCUT2D eigenvalue weighted by atomic mass is 127. The molecule has 2 rings (SSSR count). The molecule has 1 aliphatic carbocycles. The molecule has 0 aliphatic heterocycles. The van der Waals surface area contributed by atoms with Crippen LogP contribution in [0.2, 0.25) is 0 Å². The summed E-state index contributed by atoms with van der Waals surface area (Å²) in [6, 6.07) is 9.81. The highest BCUT2D eigenvalue weighted by Gasteiger charge is 2.48. The Labute approximate surface area is 137 Å². The molecule has 0 amide bonds. The Bertz CT molecular complexity index is 600. The van der Waals surface area contributed by atoms with Crippen LogP contribution in [-0.2, 0) is 19.1 Å². The minimum atomic E-state index is -1.39. The van der Waals surface area contributed by atoms with Crippen molar-refractivity contribution in [2.24, 2.45) is 5.41 Å². The second kappa shape index (κ2) is 6.43. The van der Waals surface area contributed by atoms with Gasteiger partial charge in [0.2, 0.25) is 0 Å². The van der Waals surface area contributed by atoms with E-state index in [0.717, 1.165) is 14.7 Å². The van der Waals surface area contributed by atoms with Gasteiger partial charge in [-0.25, -0.2) is 0 Å². The molecule has 0 aromatic heterocycles. The fraction of sp³-hybridized carbons (Fsp3) is 0.250. The normalized spacial score (nSPS) is 16.5. The van der Waals surface area contributed by atoms with E-state index in [0.29, 0.717) is 0 Å². The zero-order chi connectivity index (χ0) is 15.5. The van der Waals surface area contributed by atoms with Gasteiger partial charge >= 0.3 is 11.9 Å². The molecule has 1 aromatic carbocycles. The van der Waals surface area contributed by atoms with E-state index in [-0.39, 0.29) is 6.42 Å². The first kappa shape index (κ1) is 15.8. The van der Waals surface area contributed by atoms with Gasteiger partial charge in [0, 0.05) is 10.0 Å². The number of rotatable bonds is 3. The maximum absolute atomic E-state index is 12.1. The SMILES string of the molecule is COC(=O)C1(C(=O)OC)C=CC(c2ccccc2)=C(I)C1. The molecule has 1 aliphatic rings. The van der Waals surface area contributed by atoms with Crippen LogP contribution in [0.1, 0.15) is 12.0 Å². The first-order chi connectivity index (χ1) is 10.0. The maximum atomic E-state index is 12.1. The molecule has 0 saturated heterocycles. The van der Waals surface area contributed by atoms with Gasteiger partial charge in [0.25, 0.3) is 0 Å². The van der Waals surface area contributed by atoms with E-state index in [1.54, 1.807) is 12.2 Å². The summed E-state index contributed by atoms with van der Waals surface area (Å²) in [5.41, 5.74) is 0.652. The molecule has 0 unspecified atom stereocenters. The molecule has 21 heavy (non-hydrogen) atoms. The topological polar surface area (TPSA) is 52.6 Å². The Morgan fingerprint density at radius 1 is 1.10 bits per heavy atom. The van der Waals surface area contributed by atoms with E-state index in [4.69, 9.17) is 9.47 Å². The smallest absolute Gasteiger partial charge is 0.327 e. The number of halogens is 1. The summed E-state index contributed by atoms with van der Waals surface area (Å²) in [5, 5.41) is 0. The van der Waals surface area contributed by atoms with Gasteiger partial charge in [0.1, 0.15) is 0 Å². The second-order valence-electron chi connectivity index (χ2n) is 4.65. The van der Waals surface area contributed by atoms with Crippen LogP contribution in [0.15, 0.2) is 46.1 Å². The van der Waals surface area contributed by atoms with Crippen molar-refractivity contribution >= 4 is 40.1 Å². The van der Waals surface area contributed by atoms with Crippen molar-refractivity contribution in [3.8, 4) is 0 Å². The van der Waals surface area contributed by atoms with Crippen molar-refractivity contribution in [3.63, 3.8) is 0 Å². The van der Waals surface area contributed by atoms with Crippen LogP contribution >= 0.6 is 22.6 Å². The predicted octanol–water partition coefficient (Wildman–Crippen LogP) is 3.13. The van der Waals surface area contributed by atoms with Crippen LogP contribution in [0.25, 0.3) is 5.57 Å². The summed E-state index contributed by atoms with van der Waals surface area (Å²) in [6.07, 6.45) is 3.61. The number of hydrogen-bond donors (Lipinski definition) is 0. The number of esters is 2. The third-order valence-corrected chi connectivity index (χ3v) is 4.41. The van der Waals surface area contributed by atoms with Gasteiger partial charge < -0.3 is 9.47 Å². The van der Waals surface area contributed by atoms with E-state index in [9.17, 15) is 9.59 Å². The van der Waals surface area contributed by atoms with Crippen LogP contribution in [0.5, 0.6) is 0 Å². The summed E-state index contributed by atoms with van der Waals surface area (Å²) in [6.45, 7) is 0. The fourth-order valence-corrected chi connectivity index (χ4v) is 3.41. The molecule has 0 atom stereocenters. The number of benzene rings is 1. The van der Waals surface area contributed by atoms with Crippen molar-refractivity contribution in [2.75, 3.05) is 14.2 Å². The summed E-state index contributed by atoms with van der Waals surface area (Å²) < 4.78 is 10.5. The molecule has 5 heteroatoms. The Hall–Kier alpha value is -1.63. The van der Waals surface area contributed by atoms with Crippen LogP contribution in [0, 0.1) is 5.41 Å². The number of methoxy groups -OCH3 is 2. The number of allylic oxidation sites excluding steroid dienone is 3. The van der Waals surface area contributed by atoms with Gasteiger partial charge in [-0.2, -0.15) is 0 Å². The Morgan fingerprint density at radius 3 is 2.14 bits per heavy atom. The first-order valence-electron chi connectivity index (χ1n) is 6.35. The molecule has 0 spiro atoms. The van der Waals surface area contributed by atoms with Crippen molar-refractivity contribution in [2.45, 2.75) is 6.42 Å². The predicted molar refractivity (Wildman–Crippen MR) is 87.6 cm³/mol. The minimum Gasteiger partial charge on any atom is -0.468 e. The van der Waals surface area contributed by atoms with Crippen molar-refractivity contribution in [3.05, 3.63) is 51.6 Å². The summed E-state index contributed by atoms with van der Waals surface area (Å²) in [4.78, 5) is 24.2. The van der Waals surface area contributed by atoms with Crippen LogP contribution < -0.4 is 0 Å². The molecule has 0 saturated carbocycles. The molecular formula is C16H15IO4. The van der Waals surface area contributed by atoms with Crippen molar-refractivity contribution in [1.82, 2.24) is 0 Å². The summed E-state index contributed by atoms with van der Waals surface area (Å²) >= 11 is 2.16. The fourth-order valence-electron chi connectivity index (χ4n) is 2.31. The molecule has 110 valence electrons. The van der Waals surface area contributed by atoms with Gasteiger partial charge in [-0.1, -0.05) is 42.5 Å². The molecule has 0 N–H and O–H groups in total. The highest BCUT2D eigenvalue weighted by molar-refractivity contribution is 14.1. The van der Waals surface area contributed by atoms with E-state index < -0.39 is 17.4 Å². The number of carbonyl (C=O) groups is 2. The lowest BCUT2D eigenvalue weighted by Crippen LogP contribution is -2.40. The molecule has 4 nitrogen and oxygen atoms in total. The Kier molecular flexibility index (Phi) is 4.82. The molecule has 1 aromatic rings. The quantitative estimate of drug-likeness (QED) is 0.446. The first-order valence-corrected chi connectivity index (χ1v) is 7.43. The van der Waals surface area contributed by atoms with Crippen molar-refractivity contribution < 1.29 is 19.1 Å². The standard InChI is InChI=1S/C16H15IO4/c1-20-14(18)16(15(19)21-2)9-8-12(13(17)10-16)11-6-4-3-5-7-11/h3-9H,10H2,1-2H3. The second-order valence-corrected chi connectivity index (χ2v) is 5.95. The summed E-state index contributed by atoms with van der Waals surface area (Å²) in [5.74, 6) is -1.21. The Morgan fingerprint density at radius 2 is 1.67 bits per heavy atom. The number of ether oxygens (including phenoxy) is 2. The lowest BCUT2D eigenvalue weighted by Gasteiger charge is -2.28. The molecule has 0 heterocycles. The largest absolute Gasteiger partial charge is 0.468 e. The average Bonchev–Trinajstić information content (AvgIpc) is 2.53. The lowest BCUT2D eigenvalue weighted by atomic mass is 9.79. The number of carbonyl (C=O) groups excluding carboxylic acids is 2. The minimum absolute atomic E-state index is 0.244. The van der Waals surface area contributed by atoms with Gasteiger partial charge in [0.05, 0.1) is 14.2 Å². The molecule has 0 fully saturated rings.